The zero-order chi connectivity index (χ0) is 16.8. The fourth-order valence-corrected chi connectivity index (χ4v) is 3.01. The summed E-state index contributed by atoms with van der Waals surface area (Å²) in [5.41, 5.74) is 1.67. The van der Waals surface area contributed by atoms with Crippen molar-refractivity contribution in [1.82, 2.24) is 4.90 Å². The summed E-state index contributed by atoms with van der Waals surface area (Å²) in [5, 5.41) is 0. The summed E-state index contributed by atoms with van der Waals surface area (Å²) in [4.78, 5) is 26.5. The van der Waals surface area contributed by atoms with E-state index in [0.29, 0.717) is 18.7 Å². The molecule has 0 bridgehead atoms. The van der Waals surface area contributed by atoms with Gasteiger partial charge < -0.3 is 9.64 Å². The molecule has 1 aliphatic heterocycles. The van der Waals surface area contributed by atoms with Gasteiger partial charge in [-0.2, -0.15) is 0 Å². The molecule has 0 N–H and O–H groups in total. The smallest absolute Gasteiger partial charge is 0.410 e. The Kier molecular flexibility index (Phi) is 5.26. The van der Waals surface area contributed by atoms with Crippen LogP contribution in [0.15, 0.2) is 60.7 Å². The first-order chi connectivity index (χ1) is 11.7. The summed E-state index contributed by atoms with van der Waals surface area (Å²) < 4.78 is 5.38. The molecule has 0 spiro atoms. The average molecular weight is 323 g/mol. The lowest BCUT2D eigenvalue weighted by Gasteiger charge is -2.31. The van der Waals surface area contributed by atoms with Gasteiger partial charge in [0.15, 0.2) is 5.78 Å². The lowest BCUT2D eigenvalue weighted by Crippen LogP contribution is -2.42. The third-order valence-electron chi connectivity index (χ3n) is 4.31. The van der Waals surface area contributed by atoms with Crippen molar-refractivity contribution in [2.75, 3.05) is 13.1 Å². The summed E-state index contributed by atoms with van der Waals surface area (Å²) in [6.45, 7) is 1.33. The predicted molar refractivity (Wildman–Crippen MR) is 91.7 cm³/mol. The van der Waals surface area contributed by atoms with E-state index in [0.717, 1.165) is 18.4 Å². The zero-order valence-electron chi connectivity index (χ0n) is 13.6. The van der Waals surface area contributed by atoms with E-state index in [1.807, 2.05) is 60.7 Å². The van der Waals surface area contributed by atoms with Gasteiger partial charge in [-0.15, -0.1) is 0 Å². The first-order valence-electron chi connectivity index (χ1n) is 8.29. The SMILES string of the molecule is O=C(c1ccccc1)C1CCCN(C(=O)OCc2ccccc2)C1. The highest BCUT2D eigenvalue weighted by molar-refractivity contribution is 5.98. The van der Waals surface area contributed by atoms with Crippen LogP contribution in [0.5, 0.6) is 0 Å². The lowest BCUT2D eigenvalue weighted by molar-refractivity contribution is 0.0687. The fraction of sp³-hybridized carbons (Fsp3) is 0.300. The summed E-state index contributed by atoms with van der Waals surface area (Å²) in [5.74, 6) is -0.0402. The van der Waals surface area contributed by atoms with E-state index in [4.69, 9.17) is 4.74 Å². The van der Waals surface area contributed by atoms with Crippen LogP contribution in [0.25, 0.3) is 0 Å². The van der Waals surface area contributed by atoms with Gasteiger partial charge >= 0.3 is 6.09 Å². The van der Waals surface area contributed by atoms with E-state index >= 15 is 0 Å². The van der Waals surface area contributed by atoms with Crippen LogP contribution in [0.1, 0.15) is 28.8 Å². The largest absolute Gasteiger partial charge is 0.445 e. The number of ether oxygens (including phenoxy) is 1. The van der Waals surface area contributed by atoms with Crippen LogP contribution in [0.3, 0.4) is 0 Å². The quantitative estimate of drug-likeness (QED) is 0.801. The van der Waals surface area contributed by atoms with Gasteiger partial charge in [0.05, 0.1) is 0 Å². The number of piperidine rings is 1. The molecule has 2 aromatic rings. The number of Topliss-reactive ketones (excluding diaryl/α,β-unsaturated/α-hetero) is 1. The van der Waals surface area contributed by atoms with Gasteiger partial charge in [0, 0.05) is 24.6 Å². The van der Waals surface area contributed by atoms with E-state index in [2.05, 4.69) is 0 Å². The van der Waals surface area contributed by atoms with Gasteiger partial charge in [-0.05, 0) is 18.4 Å². The first kappa shape index (κ1) is 16.2. The van der Waals surface area contributed by atoms with Crippen LogP contribution in [0.2, 0.25) is 0 Å². The number of amides is 1. The van der Waals surface area contributed by atoms with Crippen LogP contribution in [0, 0.1) is 5.92 Å². The Labute approximate surface area is 142 Å². The maximum Gasteiger partial charge on any atom is 0.410 e. The standard InChI is InChI=1S/C20H21NO3/c22-19(17-10-5-2-6-11-17)18-12-7-13-21(14-18)20(23)24-15-16-8-3-1-4-9-16/h1-6,8-11,18H,7,12-15H2. The van der Waals surface area contributed by atoms with Crippen molar-refractivity contribution >= 4 is 11.9 Å². The third-order valence-corrected chi connectivity index (χ3v) is 4.31. The second-order valence-corrected chi connectivity index (χ2v) is 6.06. The highest BCUT2D eigenvalue weighted by atomic mass is 16.6. The van der Waals surface area contributed by atoms with Gasteiger partial charge in [-0.3, -0.25) is 4.79 Å². The van der Waals surface area contributed by atoms with E-state index in [1.54, 1.807) is 4.90 Å². The summed E-state index contributed by atoms with van der Waals surface area (Å²) >= 11 is 0. The number of carbonyl (C=O) groups is 2. The maximum atomic E-state index is 12.6. The van der Waals surface area contributed by atoms with E-state index in [-0.39, 0.29) is 24.4 Å². The molecule has 0 aliphatic carbocycles. The van der Waals surface area contributed by atoms with Crippen molar-refractivity contribution in [1.29, 1.82) is 0 Å². The Morgan fingerprint density at radius 2 is 1.67 bits per heavy atom. The molecule has 1 atom stereocenters. The van der Waals surface area contributed by atoms with Gasteiger partial charge in [-0.25, -0.2) is 4.79 Å². The van der Waals surface area contributed by atoms with Gasteiger partial charge in [-0.1, -0.05) is 60.7 Å². The molecule has 1 amide bonds. The molecule has 1 heterocycles. The van der Waals surface area contributed by atoms with Crippen molar-refractivity contribution in [2.45, 2.75) is 19.4 Å². The molecule has 24 heavy (non-hydrogen) atoms. The number of likely N-dealkylation sites (tertiary alicyclic amines) is 1. The number of ketones is 1. The molecular weight excluding hydrogens is 302 g/mol. The van der Waals surface area contributed by atoms with Gasteiger partial charge in [0.2, 0.25) is 0 Å². The second kappa shape index (κ2) is 7.77. The van der Waals surface area contributed by atoms with Crippen LogP contribution < -0.4 is 0 Å². The number of carbonyl (C=O) groups excluding carboxylic acids is 2. The lowest BCUT2D eigenvalue weighted by atomic mass is 9.90. The van der Waals surface area contributed by atoms with Crippen LogP contribution in [0.4, 0.5) is 4.79 Å². The molecule has 3 rings (SSSR count). The number of nitrogens with zero attached hydrogens (tertiary/aromatic N) is 1. The summed E-state index contributed by atoms with van der Waals surface area (Å²) in [7, 11) is 0. The van der Waals surface area contributed by atoms with Crippen LogP contribution in [-0.4, -0.2) is 29.9 Å². The highest BCUT2D eigenvalue weighted by Crippen LogP contribution is 2.21. The highest BCUT2D eigenvalue weighted by Gasteiger charge is 2.29. The first-order valence-corrected chi connectivity index (χ1v) is 8.29. The van der Waals surface area contributed by atoms with E-state index < -0.39 is 0 Å². The maximum absolute atomic E-state index is 12.6. The fourth-order valence-electron chi connectivity index (χ4n) is 3.01. The van der Waals surface area contributed by atoms with Crippen LogP contribution >= 0.6 is 0 Å². The Morgan fingerprint density at radius 1 is 1.00 bits per heavy atom. The summed E-state index contributed by atoms with van der Waals surface area (Å²) in [6.07, 6.45) is 1.30. The number of rotatable bonds is 4. The molecule has 0 aromatic heterocycles. The molecule has 1 saturated heterocycles. The number of hydrogen-bond acceptors (Lipinski definition) is 3. The molecule has 1 fully saturated rings. The third kappa shape index (κ3) is 4.02. The normalized spacial score (nSPS) is 17.3. The van der Waals surface area contributed by atoms with Crippen LogP contribution in [-0.2, 0) is 11.3 Å². The minimum Gasteiger partial charge on any atom is -0.445 e. The minimum atomic E-state index is -0.343. The van der Waals surface area contributed by atoms with Crippen molar-refractivity contribution in [3.05, 3.63) is 71.8 Å². The molecule has 1 unspecified atom stereocenters. The molecule has 1 aliphatic rings. The van der Waals surface area contributed by atoms with Gasteiger partial charge in [0.25, 0.3) is 0 Å². The molecule has 4 heteroatoms. The number of benzene rings is 2. The minimum absolute atomic E-state index is 0.108. The average Bonchev–Trinajstić information content (AvgIpc) is 2.67. The van der Waals surface area contributed by atoms with Crippen molar-refractivity contribution in [2.24, 2.45) is 5.92 Å². The van der Waals surface area contributed by atoms with E-state index in [9.17, 15) is 9.59 Å². The molecule has 2 aromatic carbocycles. The van der Waals surface area contributed by atoms with Crippen molar-refractivity contribution in [3.8, 4) is 0 Å². The van der Waals surface area contributed by atoms with Crippen molar-refractivity contribution in [3.63, 3.8) is 0 Å². The Bertz CT molecular complexity index is 685. The number of hydrogen-bond donors (Lipinski definition) is 0. The molecular formula is C20H21NO3. The topological polar surface area (TPSA) is 46.6 Å². The molecule has 4 nitrogen and oxygen atoms in total. The molecule has 124 valence electrons. The molecule has 0 radical (unpaired) electrons. The van der Waals surface area contributed by atoms with Gasteiger partial charge in [0.1, 0.15) is 6.61 Å². The predicted octanol–water partition coefficient (Wildman–Crippen LogP) is 3.92. The zero-order valence-corrected chi connectivity index (χ0v) is 13.6. The van der Waals surface area contributed by atoms with Crippen molar-refractivity contribution < 1.29 is 14.3 Å². The Morgan fingerprint density at radius 3 is 2.38 bits per heavy atom. The molecule has 0 saturated carbocycles. The van der Waals surface area contributed by atoms with E-state index in [1.165, 1.54) is 0 Å². The Balaban J connectivity index is 1.57. The monoisotopic (exact) mass is 323 g/mol. The Hall–Kier alpha value is -2.62. The summed E-state index contributed by atoms with van der Waals surface area (Å²) in [6, 6.07) is 18.9. The second-order valence-electron chi connectivity index (χ2n) is 6.06.